The van der Waals surface area contributed by atoms with Crippen LogP contribution in [0, 0.1) is 0 Å². The number of hydrogen-bond acceptors (Lipinski definition) is 12. The minimum absolute atomic E-state index is 0.0241. The van der Waals surface area contributed by atoms with Crippen LogP contribution in [0.1, 0.15) is 226 Å². The normalized spacial score (nSPS) is 14.2. The molecule has 1 saturated heterocycles. The molecule has 2 atom stereocenters. The van der Waals surface area contributed by atoms with Gasteiger partial charge in [-0.2, -0.15) is 0 Å². The molecule has 1 aliphatic rings. The molecule has 2 N–H and O–H groups in total. The molecular formula is C48H85N2O13P. The van der Waals surface area contributed by atoms with Gasteiger partial charge >= 0.3 is 25.7 Å². The molecule has 1 rings (SSSR count). The van der Waals surface area contributed by atoms with E-state index >= 15 is 0 Å². The third-order valence-corrected chi connectivity index (χ3v) is 11.9. The molecule has 3 amide bonds. The summed E-state index contributed by atoms with van der Waals surface area (Å²) >= 11 is 0. The lowest BCUT2D eigenvalue weighted by molar-refractivity contribution is -0.197. The maximum absolute atomic E-state index is 12.8. The molecule has 1 unspecified atom stereocenters. The number of carbonyl (C=O) groups excluding carboxylic acids is 6. The number of imide groups is 1. The lowest BCUT2D eigenvalue weighted by Gasteiger charge is -2.20. The maximum Gasteiger partial charge on any atom is 0.472 e. The van der Waals surface area contributed by atoms with E-state index in [-0.39, 0.29) is 58.1 Å². The van der Waals surface area contributed by atoms with Crippen molar-refractivity contribution in [2.75, 3.05) is 26.4 Å². The highest BCUT2D eigenvalue weighted by Gasteiger charge is 2.32. The number of hydrogen-bond donors (Lipinski definition) is 2. The van der Waals surface area contributed by atoms with E-state index < -0.39 is 62.8 Å². The van der Waals surface area contributed by atoms with Crippen molar-refractivity contribution in [3.63, 3.8) is 0 Å². The first-order valence-electron chi connectivity index (χ1n) is 24.9. The molecule has 16 heteroatoms. The Bertz CT molecular complexity index is 1340. The summed E-state index contributed by atoms with van der Waals surface area (Å²) in [7, 11) is -4.66. The summed E-state index contributed by atoms with van der Waals surface area (Å²) in [6, 6.07) is 0. The molecule has 15 nitrogen and oxygen atoms in total. The van der Waals surface area contributed by atoms with Gasteiger partial charge in [-0.25, -0.2) is 9.36 Å². The van der Waals surface area contributed by atoms with E-state index in [1.54, 1.807) is 0 Å². The van der Waals surface area contributed by atoms with Crippen molar-refractivity contribution in [3.05, 3.63) is 12.2 Å². The summed E-state index contributed by atoms with van der Waals surface area (Å²) in [5.41, 5.74) is 0. The SMILES string of the molecule is CCCCCCCC/C=C\CCCCCCCC(=O)O[C@H](COC(=O)CCCCCCCCCCCCCCC)COP(=O)(O)OCCNC(=O)CCCC(=O)ON1C(=O)CCC1=O. The van der Waals surface area contributed by atoms with Crippen LogP contribution < -0.4 is 5.32 Å². The van der Waals surface area contributed by atoms with Crippen molar-refractivity contribution in [2.45, 2.75) is 232 Å². The van der Waals surface area contributed by atoms with Gasteiger partial charge in [0.15, 0.2) is 6.10 Å². The van der Waals surface area contributed by atoms with Gasteiger partial charge in [0.05, 0.1) is 13.2 Å². The zero-order chi connectivity index (χ0) is 46.9. The molecular weight excluding hydrogens is 844 g/mol. The van der Waals surface area contributed by atoms with Crippen molar-refractivity contribution in [1.82, 2.24) is 10.4 Å². The number of ether oxygens (including phenoxy) is 2. The van der Waals surface area contributed by atoms with Crippen LogP contribution in [0.2, 0.25) is 0 Å². The van der Waals surface area contributed by atoms with Crippen molar-refractivity contribution >= 4 is 43.5 Å². The van der Waals surface area contributed by atoms with Crippen LogP contribution in [0.25, 0.3) is 0 Å². The average Bonchev–Trinajstić information content (AvgIpc) is 3.58. The Labute approximate surface area is 384 Å². The number of nitrogens with one attached hydrogen (secondary N) is 1. The zero-order valence-corrected chi connectivity index (χ0v) is 40.5. The number of nitrogens with zero attached hydrogens (tertiary/aromatic N) is 1. The molecule has 0 aromatic rings. The summed E-state index contributed by atoms with van der Waals surface area (Å²) in [4.78, 5) is 87.6. The minimum atomic E-state index is -4.66. The number of carbonyl (C=O) groups is 6. The number of rotatable bonds is 44. The fourth-order valence-corrected chi connectivity index (χ4v) is 7.85. The van der Waals surface area contributed by atoms with Crippen molar-refractivity contribution < 1.29 is 61.6 Å². The first kappa shape index (κ1) is 58.9. The van der Waals surface area contributed by atoms with Crippen molar-refractivity contribution in [1.29, 1.82) is 0 Å². The van der Waals surface area contributed by atoms with Crippen LogP contribution in [0.4, 0.5) is 0 Å². The molecule has 1 heterocycles. The number of phosphoric ester groups is 1. The molecule has 0 aromatic carbocycles. The predicted octanol–water partition coefficient (Wildman–Crippen LogP) is 11.0. The van der Waals surface area contributed by atoms with Crippen LogP contribution >= 0.6 is 7.82 Å². The van der Waals surface area contributed by atoms with Gasteiger partial charge in [0.1, 0.15) is 6.61 Å². The van der Waals surface area contributed by atoms with E-state index in [0.717, 1.165) is 57.8 Å². The van der Waals surface area contributed by atoms with Crippen LogP contribution in [0.5, 0.6) is 0 Å². The largest absolute Gasteiger partial charge is 0.472 e. The number of allylic oxidation sites excluding steroid dienone is 2. The first-order chi connectivity index (χ1) is 31.0. The Morgan fingerprint density at radius 3 is 1.56 bits per heavy atom. The van der Waals surface area contributed by atoms with E-state index in [1.165, 1.54) is 96.3 Å². The van der Waals surface area contributed by atoms with Gasteiger partial charge in [-0.05, 0) is 44.9 Å². The standard InChI is InChI=1S/C48H85N2O13P/c1-3-5-7-9-11-13-15-17-18-20-22-24-26-28-30-34-47(55)62-42(40-59-46(54)33-29-27-25-23-21-19-16-14-12-10-8-6-4-2)41-61-64(57,58)60-39-38-49-43(51)32-31-35-48(56)63-50-44(52)36-37-45(50)53/h17-18,42H,3-16,19-41H2,1-2H3,(H,49,51)(H,57,58)/b18-17-/t42-/m1/s1. The Kier molecular flexibility index (Phi) is 37.0. The summed E-state index contributed by atoms with van der Waals surface area (Å²) in [6.07, 6.45) is 33.6. The summed E-state index contributed by atoms with van der Waals surface area (Å²) in [6.45, 7) is 3.01. The van der Waals surface area contributed by atoms with E-state index in [2.05, 4.69) is 31.3 Å². The number of esters is 2. The number of phosphoric acid groups is 1. The highest BCUT2D eigenvalue weighted by Crippen LogP contribution is 2.43. The van der Waals surface area contributed by atoms with Gasteiger partial charge in [-0.3, -0.25) is 33.0 Å². The van der Waals surface area contributed by atoms with Gasteiger partial charge in [0.25, 0.3) is 11.8 Å². The number of unbranched alkanes of at least 4 members (excludes halogenated alkanes) is 23. The lowest BCUT2D eigenvalue weighted by atomic mass is 10.0. The second kappa shape index (κ2) is 40.2. The molecule has 0 radical (unpaired) electrons. The Morgan fingerprint density at radius 2 is 1.05 bits per heavy atom. The molecule has 0 aliphatic carbocycles. The number of amides is 3. The van der Waals surface area contributed by atoms with Crippen LogP contribution in [0.15, 0.2) is 12.2 Å². The van der Waals surface area contributed by atoms with Crippen LogP contribution in [-0.4, -0.2) is 78.1 Å². The predicted molar refractivity (Wildman–Crippen MR) is 246 cm³/mol. The first-order valence-corrected chi connectivity index (χ1v) is 26.4. The van der Waals surface area contributed by atoms with Gasteiger partial charge in [0, 0.05) is 45.1 Å². The van der Waals surface area contributed by atoms with Crippen LogP contribution in [0.3, 0.4) is 0 Å². The van der Waals surface area contributed by atoms with E-state index in [1.807, 2.05) is 0 Å². The molecule has 370 valence electrons. The fourth-order valence-electron chi connectivity index (χ4n) is 7.10. The Morgan fingerprint density at radius 1 is 0.594 bits per heavy atom. The summed E-state index contributed by atoms with van der Waals surface area (Å²) in [5, 5.41) is 2.93. The third-order valence-electron chi connectivity index (χ3n) is 10.9. The smallest absolute Gasteiger partial charge is 0.462 e. The highest BCUT2D eigenvalue weighted by molar-refractivity contribution is 7.47. The second-order valence-electron chi connectivity index (χ2n) is 17.0. The second-order valence-corrected chi connectivity index (χ2v) is 18.4. The monoisotopic (exact) mass is 929 g/mol. The van der Waals surface area contributed by atoms with Crippen LogP contribution in [-0.2, 0) is 56.7 Å². The average molecular weight is 929 g/mol. The van der Waals surface area contributed by atoms with Gasteiger partial charge < -0.3 is 24.5 Å². The maximum atomic E-state index is 12.8. The highest BCUT2D eigenvalue weighted by atomic mass is 31.2. The van der Waals surface area contributed by atoms with E-state index in [9.17, 15) is 38.2 Å². The molecule has 64 heavy (non-hydrogen) atoms. The molecule has 0 aromatic heterocycles. The quantitative estimate of drug-likeness (QED) is 0.0192. The third kappa shape index (κ3) is 35.2. The van der Waals surface area contributed by atoms with Crippen molar-refractivity contribution in [3.8, 4) is 0 Å². The molecule has 1 aliphatic heterocycles. The van der Waals surface area contributed by atoms with Gasteiger partial charge in [0.2, 0.25) is 5.91 Å². The number of hydroxylamine groups is 2. The Balaban J connectivity index is 2.41. The van der Waals surface area contributed by atoms with Crippen molar-refractivity contribution in [2.24, 2.45) is 0 Å². The molecule has 0 saturated carbocycles. The summed E-state index contributed by atoms with van der Waals surface area (Å²) < 4.78 is 33.6. The fraction of sp³-hybridized carbons (Fsp3) is 0.833. The topological polar surface area (TPSA) is 201 Å². The van der Waals surface area contributed by atoms with E-state index in [4.69, 9.17) is 23.4 Å². The van der Waals surface area contributed by atoms with E-state index in [0.29, 0.717) is 17.9 Å². The Hall–Kier alpha value is -3.13. The minimum Gasteiger partial charge on any atom is -0.462 e. The zero-order valence-electron chi connectivity index (χ0n) is 39.6. The van der Waals surface area contributed by atoms with Gasteiger partial charge in [-0.15, -0.1) is 5.06 Å². The summed E-state index contributed by atoms with van der Waals surface area (Å²) in [5.74, 6) is -3.47. The van der Waals surface area contributed by atoms with Gasteiger partial charge in [-0.1, -0.05) is 154 Å². The molecule has 1 fully saturated rings. The molecule has 0 spiro atoms. The molecule has 0 bridgehead atoms. The lowest BCUT2D eigenvalue weighted by Crippen LogP contribution is -2.32.